The van der Waals surface area contributed by atoms with Crippen LogP contribution >= 0.6 is 0 Å². The van der Waals surface area contributed by atoms with Gasteiger partial charge < -0.3 is 5.11 Å². The first-order chi connectivity index (χ1) is 22.0. The summed E-state index contributed by atoms with van der Waals surface area (Å²) in [6, 6.07) is 28.5. The van der Waals surface area contributed by atoms with E-state index in [0.29, 0.717) is 50.1 Å². The van der Waals surface area contributed by atoms with E-state index in [0.717, 1.165) is 23.3 Å². The molecule has 0 spiro atoms. The maximum atomic E-state index is 14.0. The second-order valence-corrected chi connectivity index (χ2v) is 12.3. The van der Waals surface area contributed by atoms with Gasteiger partial charge in [-0.1, -0.05) is 69.3 Å². The van der Waals surface area contributed by atoms with Crippen LogP contribution in [0.25, 0.3) is 61.3 Å². The van der Waals surface area contributed by atoms with Crippen LogP contribution < -0.4 is 0 Å². The van der Waals surface area contributed by atoms with Crippen molar-refractivity contribution in [1.29, 1.82) is 0 Å². The number of nitrogens with zero attached hydrogens (tertiary/aromatic N) is 4. The van der Waals surface area contributed by atoms with E-state index in [1.54, 1.807) is 30.6 Å². The molecule has 0 aliphatic heterocycles. The average molecular weight is 615 g/mol. The average Bonchev–Trinajstić information content (AvgIpc) is 3.44. The SMILES string of the molecule is CC(C)(C)c1ccc(-n2c(-c3cccc(-c4cc(C(F)(F)F)cc5cccnc45)c3)nc3c(-c4cnccc4O)cccc32)cc1. The summed E-state index contributed by atoms with van der Waals surface area (Å²) in [5, 5.41) is 11.1. The van der Waals surface area contributed by atoms with Gasteiger partial charge in [-0.05, 0) is 65.1 Å². The van der Waals surface area contributed by atoms with Gasteiger partial charge in [0.05, 0.1) is 22.1 Å². The molecular formula is C38H29F3N4O. The van der Waals surface area contributed by atoms with Gasteiger partial charge in [-0.25, -0.2) is 4.98 Å². The largest absolute Gasteiger partial charge is 0.507 e. The summed E-state index contributed by atoms with van der Waals surface area (Å²) >= 11 is 0. The highest BCUT2D eigenvalue weighted by molar-refractivity contribution is 5.98. The molecule has 46 heavy (non-hydrogen) atoms. The fraction of sp³-hybridized carbons (Fsp3) is 0.132. The Labute approximate surface area is 263 Å². The fourth-order valence-electron chi connectivity index (χ4n) is 5.88. The Balaban J connectivity index is 1.48. The zero-order valence-corrected chi connectivity index (χ0v) is 25.3. The number of hydrogen-bond acceptors (Lipinski definition) is 4. The third-order valence-electron chi connectivity index (χ3n) is 8.23. The number of imidazole rings is 1. The van der Waals surface area contributed by atoms with Gasteiger partial charge >= 0.3 is 6.18 Å². The van der Waals surface area contributed by atoms with Crippen LogP contribution in [0.5, 0.6) is 5.75 Å². The first-order valence-corrected chi connectivity index (χ1v) is 14.8. The number of halogens is 3. The number of hydrogen-bond donors (Lipinski definition) is 1. The molecule has 0 amide bonds. The zero-order chi connectivity index (χ0) is 32.2. The molecule has 0 saturated heterocycles. The van der Waals surface area contributed by atoms with Gasteiger partial charge in [-0.15, -0.1) is 0 Å². The lowest BCUT2D eigenvalue weighted by Gasteiger charge is -2.20. The molecule has 0 saturated carbocycles. The molecule has 228 valence electrons. The van der Waals surface area contributed by atoms with Crippen LogP contribution in [0.3, 0.4) is 0 Å². The van der Waals surface area contributed by atoms with Crippen molar-refractivity contribution < 1.29 is 18.3 Å². The van der Waals surface area contributed by atoms with E-state index in [1.807, 2.05) is 53.1 Å². The molecule has 7 aromatic rings. The molecule has 0 aliphatic rings. The molecule has 0 unspecified atom stereocenters. The van der Waals surface area contributed by atoms with Crippen molar-refractivity contribution in [1.82, 2.24) is 19.5 Å². The molecule has 3 aromatic heterocycles. The molecule has 0 bridgehead atoms. The van der Waals surface area contributed by atoms with Crippen molar-refractivity contribution in [2.75, 3.05) is 0 Å². The van der Waals surface area contributed by atoms with Crippen LogP contribution in [0.2, 0.25) is 0 Å². The quantitative estimate of drug-likeness (QED) is 0.214. The van der Waals surface area contributed by atoms with Crippen molar-refractivity contribution in [2.45, 2.75) is 32.4 Å². The van der Waals surface area contributed by atoms with Gasteiger partial charge in [0, 0.05) is 51.9 Å². The fourth-order valence-corrected chi connectivity index (χ4v) is 5.88. The monoisotopic (exact) mass is 614 g/mol. The molecule has 8 heteroatoms. The van der Waals surface area contributed by atoms with Crippen molar-refractivity contribution in [3.05, 3.63) is 127 Å². The lowest BCUT2D eigenvalue weighted by molar-refractivity contribution is -0.137. The Morgan fingerprint density at radius 2 is 1.43 bits per heavy atom. The molecule has 3 heterocycles. The summed E-state index contributed by atoms with van der Waals surface area (Å²) in [7, 11) is 0. The first-order valence-electron chi connectivity index (χ1n) is 14.8. The summed E-state index contributed by atoms with van der Waals surface area (Å²) < 4.78 is 43.9. The first kappa shape index (κ1) is 29.2. The van der Waals surface area contributed by atoms with Gasteiger partial charge in [-0.3, -0.25) is 14.5 Å². The predicted octanol–water partition coefficient (Wildman–Crippen LogP) is 9.99. The molecule has 4 aromatic carbocycles. The highest BCUT2D eigenvalue weighted by Crippen LogP contribution is 2.40. The Bertz CT molecular complexity index is 2250. The molecule has 7 rings (SSSR count). The lowest BCUT2D eigenvalue weighted by Crippen LogP contribution is -2.11. The number of alkyl halides is 3. The third kappa shape index (κ3) is 5.15. The van der Waals surface area contributed by atoms with Crippen LogP contribution in [-0.2, 0) is 11.6 Å². The molecular weight excluding hydrogens is 585 g/mol. The van der Waals surface area contributed by atoms with Gasteiger partial charge in [0.15, 0.2) is 0 Å². The lowest BCUT2D eigenvalue weighted by atomic mass is 9.87. The summed E-state index contributed by atoms with van der Waals surface area (Å²) in [6.07, 6.45) is 0.196. The Morgan fingerprint density at radius 1 is 0.674 bits per heavy atom. The minimum atomic E-state index is -4.52. The third-order valence-corrected chi connectivity index (χ3v) is 8.23. The summed E-state index contributed by atoms with van der Waals surface area (Å²) in [5.41, 5.74) is 6.12. The number of para-hydroxylation sites is 1. The van der Waals surface area contributed by atoms with Crippen LogP contribution in [0.1, 0.15) is 31.9 Å². The van der Waals surface area contributed by atoms with Crippen LogP contribution in [0.15, 0.2) is 116 Å². The maximum absolute atomic E-state index is 14.0. The second kappa shape index (κ2) is 10.8. The molecule has 0 aliphatic carbocycles. The molecule has 0 atom stereocenters. The number of benzene rings is 4. The van der Waals surface area contributed by atoms with E-state index in [2.05, 4.69) is 42.9 Å². The number of pyridine rings is 2. The maximum Gasteiger partial charge on any atom is 0.416 e. The smallest absolute Gasteiger partial charge is 0.416 e. The Hall–Kier alpha value is -5.50. The van der Waals surface area contributed by atoms with E-state index >= 15 is 0 Å². The van der Waals surface area contributed by atoms with Gasteiger partial charge in [0.25, 0.3) is 0 Å². The van der Waals surface area contributed by atoms with E-state index in [1.165, 1.54) is 17.8 Å². The van der Waals surface area contributed by atoms with E-state index in [4.69, 9.17) is 4.98 Å². The van der Waals surface area contributed by atoms with Crippen molar-refractivity contribution >= 4 is 21.9 Å². The minimum absolute atomic E-state index is 0.0422. The topological polar surface area (TPSA) is 63.8 Å². The van der Waals surface area contributed by atoms with Crippen molar-refractivity contribution in [3.63, 3.8) is 0 Å². The van der Waals surface area contributed by atoms with Crippen molar-refractivity contribution in [2.24, 2.45) is 0 Å². The molecule has 5 nitrogen and oxygen atoms in total. The van der Waals surface area contributed by atoms with Crippen LogP contribution in [0.4, 0.5) is 13.2 Å². The normalized spacial score (nSPS) is 12.2. The predicted molar refractivity (Wildman–Crippen MR) is 176 cm³/mol. The van der Waals surface area contributed by atoms with Gasteiger partial charge in [0.1, 0.15) is 11.6 Å². The summed E-state index contributed by atoms with van der Waals surface area (Å²) in [4.78, 5) is 13.8. The number of aromatic nitrogens is 4. The van der Waals surface area contributed by atoms with E-state index < -0.39 is 11.7 Å². The van der Waals surface area contributed by atoms with Gasteiger partial charge in [-0.2, -0.15) is 13.2 Å². The highest BCUT2D eigenvalue weighted by atomic mass is 19.4. The summed E-state index contributed by atoms with van der Waals surface area (Å²) in [5.74, 6) is 0.680. The number of rotatable bonds is 4. The Morgan fingerprint density at radius 3 is 2.17 bits per heavy atom. The van der Waals surface area contributed by atoms with Crippen molar-refractivity contribution in [3.8, 4) is 45.1 Å². The molecule has 0 radical (unpaired) electrons. The number of aromatic hydroxyl groups is 1. The second-order valence-electron chi connectivity index (χ2n) is 12.3. The summed E-state index contributed by atoms with van der Waals surface area (Å²) in [6.45, 7) is 6.47. The standard InChI is InChI=1S/C38H29F3N4O/c1-37(2,3)26-12-14-28(15-13-26)45-32-11-5-10-29(31-22-42-18-16-33(31)46)35(32)44-36(45)25-8-4-7-23(19-25)30-21-27(38(39,40)41)20-24-9-6-17-43-34(24)30/h4-22H,1-3H3,(H,42,46). The van der Waals surface area contributed by atoms with Crippen LogP contribution in [0, 0.1) is 0 Å². The number of fused-ring (bicyclic) bond motifs is 2. The highest BCUT2D eigenvalue weighted by Gasteiger charge is 2.32. The zero-order valence-electron chi connectivity index (χ0n) is 25.3. The molecule has 0 fully saturated rings. The molecule has 1 N–H and O–H groups in total. The Kier molecular flexibility index (Phi) is 6.89. The minimum Gasteiger partial charge on any atom is -0.507 e. The van der Waals surface area contributed by atoms with E-state index in [9.17, 15) is 18.3 Å². The van der Waals surface area contributed by atoms with Crippen LogP contribution in [-0.4, -0.2) is 24.6 Å². The van der Waals surface area contributed by atoms with Gasteiger partial charge in [0.2, 0.25) is 0 Å². The van der Waals surface area contributed by atoms with E-state index in [-0.39, 0.29) is 11.2 Å².